The molecule has 2 fully saturated rings. The monoisotopic (exact) mass is 328 g/mol. The molecule has 0 unspecified atom stereocenters. The van der Waals surface area contributed by atoms with E-state index in [0.717, 1.165) is 11.7 Å². The molecule has 0 bridgehead atoms. The van der Waals surface area contributed by atoms with Crippen LogP contribution in [-0.4, -0.2) is 58.4 Å². The highest BCUT2D eigenvalue weighted by Gasteiger charge is 2.25. The fourth-order valence-electron chi connectivity index (χ4n) is 3.67. The van der Waals surface area contributed by atoms with Crippen molar-refractivity contribution in [3.05, 3.63) is 42.7 Å². The minimum atomic E-state index is 0.801. The number of rotatable bonds is 3. The van der Waals surface area contributed by atoms with Gasteiger partial charge in [-0.1, -0.05) is 0 Å². The van der Waals surface area contributed by atoms with Crippen LogP contribution < -0.4 is 4.90 Å². The Labute approximate surface area is 142 Å². The molecule has 0 spiro atoms. The number of nitrogens with zero attached hydrogens (tertiary/aromatic N) is 4. The minimum Gasteiger partial charge on any atom is -0.371 e. The van der Waals surface area contributed by atoms with E-state index < -0.39 is 0 Å². The summed E-state index contributed by atoms with van der Waals surface area (Å²) in [6.07, 6.45) is 6.40. The summed E-state index contributed by atoms with van der Waals surface area (Å²) < 4.78 is 1.91. The van der Waals surface area contributed by atoms with Crippen molar-refractivity contribution in [1.82, 2.24) is 14.7 Å². The van der Waals surface area contributed by atoms with Crippen molar-refractivity contribution < 1.29 is 0 Å². The van der Waals surface area contributed by atoms with Gasteiger partial charge in [-0.25, -0.2) is 4.68 Å². The predicted octanol–water partition coefficient (Wildman–Crippen LogP) is 2.89. The molecule has 3 heterocycles. The van der Waals surface area contributed by atoms with Crippen molar-refractivity contribution in [2.24, 2.45) is 0 Å². The standard InChI is InChI=1S/C18H24N4S/c1-8-19-22(9-1)18-4-2-16(3-5-18)20-10-6-17(7-11-20)21-12-14-23-15-13-21/h1-5,8-9,17H,6-7,10-15H2. The van der Waals surface area contributed by atoms with Gasteiger partial charge in [-0.05, 0) is 43.2 Å². The van der Waals surface area contributed by atoms with Crippen molar-refractivity contribution in [2.45, 2.75) is 18.9 Å². The molecule has 23 heavy (non-hydrogen) atoms. The Balaban J connectivity index is 1.36. The lowest BCUT2D eigenvalue weighted by Crippen LogP contribution is -2.47. The van der Waals surface area contributed by atoms with Gasteiger partial charge < -0.3 is 4.90 Å². The summed E-state index contributed by atoms with van der Waals surface area (Å²) in [5, 5.41) is 4.29. The highest BCUT2D eigenvalue weighted by atomic mass is 32.2. The Bertz CT molecular complexity index is 596. The van der Waals surface area contributed by atoms with E-state index in [1.165, 1.54) is 56.2 Å². The number of benzene rings is 1. The molecular formula is C18H24N4S. The van der Waals surface area contributed by atoms with Gasteiger partial charge in [-0.15, -0.1) is 0 Å². The molecule has 0 aliphatic carbocycles. The van der Waals surface area contributed by atoms with E-state index in [2.05, 4.69) is 50.9 Å². The third-order valence-electron chi connectivity index (χ3n) is 5.01. The second kappa shape index (κ2) is 6.97. The van der Waals surface area contributed by atoms with Gasteiger partial charge in [0.05, 0.1) is 5.69 Å². The highest BCUT2D eigenvalue weighted by molar-refractivity contribution is 7.99. The number of anilines is 1. The van der Waals surface area contributed by atoms with E-state index in [1.807, 2.05) is 23.1 Å². The molecule has 0 atom stereocenters. The molecule has 2 saturated heterocycles. The van der Waals surface area contributed by atoms with Crippen LogP contribution in [0.25, 0.3) is 5.69 Å². The van der Waals surface area contributed by atoms with Crippen LogP contribution in [-0.2, 0) is 0 Å². The molecule has 2 aliphatic rings. The maximum absolute atomic E-state index is 4.29. The average molecular weight is 328 g/mol. The maximum Gasteiger partial charge on any atom is 0.0647 e. The zero-order valence-corrected chi connectivity index (χ0v) is 14.3. The third kappa shape index (κ3) is 3.40. The van der Waals surface area contributed by atoms with Gasteiger partial charge in [0, 0.05) is 61.8 Å². The van der Waals surface area contributed by atoms with E-state index in [4.69, 9.17) is 0 Å². The molecule has 2 aromatic rings. The quantitative estimate of drug-likeness (QED) is 0.865. The first-order valence-corrected chi connectivity index (χ1v) is 9.72. The Morgan fingerprint density at radius 1 is 0.913 bits per heavy atom. The first kappa shape index (κ1) is 15.1. The van der Waals surface area contributed by atoms with Crippen LogP contribution in [0.5, 0.6) is 0 Å². The summed E-state index contributed by atoms with van der Waals surface area (Å²) in [5.74, 6) is 2.63. The molecule has 1 aromatic carbocycles. The Hall–Kier alpha value is -1.46. The number of piperidine rings is 1. The van der Waals surface area contributed by atoms with Crippen LogP contribution in [0.3, 0.4) is 0 Å². The molecule has 0 amide bonds. The zero-order valence-electron chi connectivity index (χ0n) is 13.5. The van der Waals surface area contributed by atoms with Crippen molar-refractivity contribution in [2.75, 3.05) is 42.6 Å². The average Bonchev–Trinajstić information content (AvgIpc) is 3.18. The summed E-state index contributed by atoms with van der Waals surface area (Å²) in [7, 11) is 0. The van der Waals surface area contributed by atoms with E-state index in [-0.39, 0.29) is 0 Å². The maximum atomic E-state index is 4.29. The van der Waals surface area contributed by atoms with Crippen molar-refractivity contribution in [1.29, 1.82) is 0 Å². The fraction of sp³-hybridized carbons (Fsp3) is 0.500. The van der Waals surface area contributed by atoms with E-state index in [9.17, 15) is 0 Å². The Morgan fingerprint density at radius 3 is 2.26 bits per heavy atom. The molecule has 4 rings (SSSR count). The number of hydrogen-bond donors (Lipinski definition) is 0. The highest BCUT2D eigenvalue weighted by Crippen LogP contribution is 2.25. The summed E-state index contributed by atoms with van der Waals surface area (Å²) >= 11 is 2.10. The SMILES string of the molecule is c1cnn(-c2ccc(N3CCC(N4CCSCC4)CC3)cc2)c1. The van der Waals surface area contributed by atoms with E-state index >= 15 is 0 Å². The van der Waals surface area contributed by atoms with Crippen molar-refractivity contribution in [3.8, 4) is 5.69 Å². The van der Waals surface area contributed by atoms with Crippen LogP contribution in [0.4, 0.5) is 5.69 Å². The van der Waals surface area contributed by atoms with Crippen LogP contribution in [0.1, 0.15) is 12.8 Å². The van der Waals surface area contributed by atoms with Crippen LogP contribution in [0.15, 0.2) is 42.7 Å². The van der Waals surface area contributed by atoms with Crippen molar-refractivity contribution >= 4 is 17.4 Å². The van der Waals surface area contributed by atoms with Gasteiger partial charge in [0.25, 0.3) is 0 Å². The van der Waals surface area contributed by atoms with Gasteiger partial charge in [0.2, 0.25) is 0 Å². The van der Waals surface area contributed by atoms with Gasteiger partial charge in [-0.2, -0.15) is 16.9 Å². The zero-order chi connectivity index (χ0) is 15.5. The topological polar surface area (TPSA) is 24.3 Å². The second-order valence-corrected chi connectivity index (χ2v) is 7.56. The van der Waals surface area contributed by atoms with Gasteiger partial charge in [0.1, 0.15) is 0 Å². The number of hydrogen-bond acceptors (Lipinski definition) is 4. The second-order valence-electron chi connectivity index (χ2n) is 6.33. The summed E-state index contributed by atoms with van der Waals surface area (Å²) in [6, 6.07) is 11.5. The van der Waals surface area contributed by atoms with E-state index in [0.29, 0.717) is 0 Å². The molecule has 2 aliphatic heterocycles. The molecule has 1 aromatic heterocycles. The third-order valence-corrected chi connectivity index (χ3v) is 5.95. The first-order chi connectivity index (χ1) is 11.4. The lowest BCUT2D eigenvalue weighted by molar-refractivity contribution is 0.186. The largest absolute Gasteiger partial charge is 0.371 e. The smallest absolute Gasteiger partial charge is 0.0647 e. The van der Waals surface area contributed by atoms with E-state index in [1.54, 1.807) is 0 Å². The van der Waals surface area contributed by atoms with Crippen LogP contribution >= 0.6 is 11.8 Å². The number of aromatic nitrogens is 2. The normalized spacial score (nSPS) is 20.8. The summed E-state index contributed by atoms with van der Waals surface area (Å²) in [6.45, 7) is 4.92. The van der Waals surface area contributed by atoms with Crippen molar-refractivity contribution in [3.63, 3.8) is 0 Å². The fourth-order valence-corrected chi connectivity index (χ4v) is 4.60. The molecule has 5 heteroatoms. The molecule has 0 saturated carbocycles. The molecule has 122 valence electrons. The van der Waals surface area contributed by atoms with Gasteiger partial charge in [-0.3, -0.25) is 4.90 Å². The minimum absolute atomic E-state index is 0.801. The molecule has 0 N–H and O–H groups in total. The summed E-state index contributed by atoms with van der Waals surface area (Å²) in [4.78, 5) is 5.25. The predicted molar refractivity (Wildman–Crippen MR) is 97.7 cm³/mol. The Kier molecular flexibility index (Phi) is 4.57. The Morgan fingerprint density at radius 2 is 1.61 bits per heavy atom. The molecule has 0 radical (unpaired) electrons. The lowest BCUT2D eigenvalue weighted by Gasteiger charge is -2.40. The lowest BCUT2D eigenvalue weighted by atomic mass is 10.0. The van der Waals surface area contributed by atoms with Gasteiger partial charge >= 0.3 is 0 Å². The first-order valence-electron chi connectivity index (χ1n) is 8.57. The summed E-state index contributed by atoms with van der Waals surface area (Å²) in [5.41, 5.74) is 2.47. The van der Waals surface area contributed by atoms with Crippen LogP contribution in [0, 0.1) is 0 Å². The molecular weight excluding hydrogens is 304 g/mol. The van der Waals surface area contributed by atoms with Gasteiger partial charge in [0.15, 0.2) is 0 Å². The number of thioether (sulfide) groups is 1. The van der Waals surface area contributed by atoms with Crippen LogP contribution in [0.2, 0.25) is 0 Å². The molecule has 4 nitrogen and oxygen atoms in total.